The van der Waals surface area contributed by atoms with Crippen molar-refractivity contribution >= 4 is 44.8 Å². The minimum absolute atomic E-state index is 0.363. The van der Waals surface area contributed by atoms with Gasteiger partial charge in [-0.3, -0.25) is 9.10 Å². The van der Waals surface area contributed by atoms with Gasteiger partial charge in [0.2, 0.25) is 15.9 Å². The van der Waals surface area contributed by atoms with Crippen LogP contribution >= 0.6 is 23.2 Å². The molecule has 0 fully saturated rings. The molecule has 0 aliphatic carbocycles. The molecule has 2 aromatic carbocycles. The summed E-state index contributed by atoms with van der Waals surface area (Å²) in [5.74, 6) is -0.363. The molecular formula is C20H24Cl2N2O3S. The van der Waals surface area contributed by atoms with Gasteiger partial charge in [0.15, 0.2) is 0 Å². The van der Waals surface area contributed by atoms with Crippen molar-refractivity contribution in [3.8, 4) is 0 Å². The van der Waals surface area contributed by atoms with Gasteiger partial charge in [-0.15, -0.1) is 0 Å². The topological polar surface area (TPSA) is 66.5 Å². The van der Waals surface area contributed by atoms with Gasteiger partial charge in [0.1, 0.15) is 6.04 Å². The lowest BCUT2D eigenvalue weighted by Crippen LogP contribution is -2.48. The van der Waals surface area contributed by atoms with Crippen LogP contribution in [0.4, 0.5) is 5.69 Å². The third-order valence-electron chi connectivity index (χ3n) is 4.35. The number of sulfonamides is 1. The highest BCUT2D eigenvalue weighted by Gasteiger charge is 2.29. The number of amides is 1. The first-order chi connectivity index (χ1) is 13.1. The fraction of sp³-hybridized carbons (Fsp3) is 0.350. The van der Waals surface area contributed by atoms with Crippen LogP contribution in [0.15, 0.2) is 42.5 Å². The highest BCUT2D eigenvalue weighted by atomic mass is 35.5. The third-order valence-corrected chi connectivity index (χ3v) is 6.25. The van der Waals surface area contributed by atoms with Crippen LogP contribution in [-0.2, 0) is 21.2 Å². The van der Waals surface area contributed by atoms with Crippen molar-refractivity contribution in [3.63, 3.8) is 0 Å². The molecule has 2 aromatic rings. The number of carbonyl (C=O) groups is 1. The van der Waals surface area contributed by atoms with Crippen LogP contribution in [0.5, 0.6) is 0 Å². The molecule has 1 N–H and O–H groups in total. The van der Waals surface area contributed by atoms with E-state index < -0.39 is 16.1 Å². The number of rotatable bonds is 8. The van der Waals surface area contributed by atoms with E-state index in [0.29, 0.717) is 22.3 Å². The molecule has 152 valence electrons. The van der Waals surface area contributed by atoms with Crippen LogP contribution in [0.3, 0.4) is 0 Å². The number of aryl methyl sites for hydroxylation is 2. The van der Waals surface area contributed by atoms with Crippen LogP contribution in [0.2, 0.25) is 10.0 Å². The van der Waals surface area contributed by atoms with Gasteiger partial charge in [-0.25, -0.2) is 8.42 Å². The molecular weight excluding hydrogens is 419 g/mol. The number of halogens is 2. The van der Waals surface area contributed by atoms with E-state index in [9.17, 15) is 13.2 Å². The predicted octanol–water partition coefficient (Wildman–Crippen LogP) is 4.21. The molecule has 0 saturated heterocycles. The fourth-order valence-electron chi connectivity index (χ4n) is 2.83. The summed E-state index contributed by atoms with van der Waals surface area (Å²) in [6.45, 7) is 3.83. The molecule has 0 saturated carbocycles. The van der Waals surface area contributed by atoms with Crippen molar-refractivity contribution in [1.82, 2.24) is 5.32 Å². The molecule has 0 heterocycles. The van der Waals surface area contributed by atoms with Crippen LogP contribution in [0, 0.1) is 6.92 Å². The van der Waals surface area contributed by atoms with Crippen molar-refractivity contribution in [2.75, 3.05) is 17.1 Å². The molecule has 28 heavy (non-hydrogen) atoms. The van der Waals surface area contributed by atoms with E-state index in [1.54, 1.807) is 25.1 Å². The zero-order valence-electron chi connectivity index (χ0n) is 16.1. The average molecular weight is 443 g/mol. The van der Waals surface area contributed by atoms with Crippen molar-refractivity contribution in [2.45, 2.75) is 32.7 Å². The second-order valence-corrected chi connectivity index (χ2v) is 9.39. The third kappa shape index (κ3) is 6.12. The Morgan fingerprint density at radius 1 is 1.14 bits per heavy atom. The lowest BCUT2D eigenvalue weighted by atomic mass is 10.1. The number of benzene rings is 2. The second kappa shape index (κ2) is 9.63. The first kappa shape index (κ1) is 22.5. The monoisotopic (exact) mass is 442 g/mol. The Balaban J connectivity index is 2.01. The van der Waals surface area contributed by atoms with Gasteiger partial charge in [0.25, 0.3) is 0 Å². The summed E-state index contributed by atoms with van der Waals surface area (Å²) in [6.07, 6.45) is 2.59. The summed E-state index contributed by atoms with van der Waals surface area (Å²) in [4.78, 5) is 12.5. The van der Waals surface area contributed by atoms with Gasteiger partial charge < -0.3 is 5.32 Å². The fourth-order valence-corrected chi connectivity index (χ4v) is 4.30. The SMILES string of the molecule is Cc1ccc(N([C@H](C)C(=O)NCCCc2ccc(Cl)cc2)S(C)(=O)=O)cc1Cl. The standard InChI is InChI=1S/C20H24Cl2N2O3S/c1-14-6-11-18(13-19(14)22)24(28(3,26)27)15(2)20(25)23-12-4-5-16-7-9-17(21)10-8-16/h6-11,13,15H,4-5,12H2,1-3H3,(H,23,25)/t15-/m1/s1. The smallest absolute Gasteiger partial charge is 0.243 e. The van der Waals surface area contributed by atoms with E-state index in [1.807, 2.05) is 31.2 Å². The zero-order valence-corrected chi connectivity index (χ0v) is 18.4. The number of nitrogens with one attached hydrogen (secondary N) is 1. The maximum absolute atomic E-state index is 12.5. The molecule has 5 nitrogen and oxygen atoms in total. The van der Waals surface area contributed by atoms with Crippen LogP contribution < -0.4 is 9.62 Å². The highest BCUT2D eigenvalue weighted by molar-refractivity contribution is 7.92. The van der Waals surface area contributed by atoms with Crippen molar-refractivity contribution in [1.29, 1.82) is 0 Å². The summed E-state index contributed by atoms with van der Waals surface area (Å²) in [5.41, 5.74) is 2.32. The summed E-state index contributed by atoms with van der Waals surface area (Å²) in [5, 5.41) is 3.94. The van der Waals surface area contributed by atoms with Gasteiger partial charge in [-0.1, -0.05) is 41.4 Å². The molecule has 0 aromatic heterocycles. The number of hydrogen-bond acceptors (Lipinski definition) is 3. The first-order valence-electron chi connectivity index (χ1n) is 8.87. The molecule has 1 atom stereocenters. The highest BCUT2D eigenvalue weighted by Crippen LogP contribution is 2.26. The normalized spacial score (nSPS) is 12.5. The Kier molecular flexibility index (Phi) is 7.75. The number of anilines is 1. The second-order valence-electron chi connectivity index (χ2n) is 6.69. The minimum Gasteiger partial charge on any atom is -0.354 e. The molecule has 0 radical (unpaired) electrons. The summed E-state index contributed by atoms with van der Waals surface area (Å²) in [7, 11) is -3.67. The van der Waals surface area contributed by atoms with Gasteiger partial charge in [-0.05, 0) is 62.1 Å². The van der Waals surface area contributed by atoms with Gasteiger partial charge in [-0.2, -0.15) is 0 Å². The van der Waals surface area contributed by atoms with E-state index in [2.05, 4.69) is 5.32 Å². The predicted molar refractivity (Wildman–Crippen MR) is 116 cm³/mol. The van der Waals surface area contributed by atoms with E-state index in [-0.39, 0.29) is 5.91 Å². The Hall–Kier alpha value is -1.76. The minimum atomic E-state index is -3.67. The Labute approximate surface area is 176 Å². The maximum Gasteiger partial charge on any atom is 0.243 e. The summed E-state index contributed by atoms with van der Waals surface area (Å²) in [6, 6.07) is 11.6. The van der Waals surface area contributed by atoms with Crippen molar-refractivity contribution in [2.24, 2.45) is 0 Å². The Bertz CT molecular complexity index is 931. The van der Waals surface area contributed by atoms with E-state index in [4.69, 9.17) is 23.2 Å². The molecule has 8 heteroatoms. The molecule has 0 spiro atoms. The quantitative estimate of drug-likeness (QED) is 0.622. The van der Waals surface area contributed by atoms with Crippen molar-refractivity contribution < 1.29 is 13.2 Å². The van der Waals surface area contributed by atoms with E-state index >= 15 is 0 Å². The summed E-state index contributed by atoms with van der Waals surface area (Å²) >= 11 is 12.0. The average Bonchev–Trinajstić information content (AvgIpc) is 2.62. The summed E-state index contributed by atoms with van der Waals surface area (Å²) < 4.78 is 25.7. The van der Waals surface area contributed by atoms with E-state index in [0.717, 1.165) is 34.5 Å². The number of hydrogen-bond donors (Lipinski definition) is 1. The largest absolute Gasteiger partial charge is 0.354 e. The Morgan fingerprint density at radius 3 is 2.36 bits per heavy atom. The van der Waals surface area contributed by atoms with Gasteiger partial charge in [0, 0.05) is 16.6 Å². The molecule has 0 bridgehead atoms. The van der Waals surface area contributed by atoms with Crippen LogP contribution in [0.25, 0.3) is 0 Å². The lowest BCUT2D eigenvalue weighted by molar-refractivity contribution is -0.121. The molecule has 0 aliphatic heterocycles. The van der Waals surface area contributed by atoms with Crippen LogP contribution in [-0.4, -0.2) is 33.2 Å². The zero-order chi connectivity index (χ0) is 20.9. The van der Waals surface area contributed by atoms with Gasteiger partial charge >= 0.3 is 0 Å². The maximum atomic E-state index is 12.5. The number of nitrogens with zero attached hydrogens (tertiary/aromatic N) is 1. The Morgan fingerprint density at radius 2 is 1.79 bits per heavy atom. The van der Waals surface area contributed by atoms with Crippen LogP contribution in [0.1, 0.15) is 24.5 Å². The molecule has 0 aliphatic rings. The van der Waals surface area contributed by atoms with Gasteiger partial charge in [0.05, 0.1) is 11.9 Å². The molecule has 1 amide bonds. The number of carbonyl (C=O) groups excluding carboxylic acids is 1. The first-order valence-corrected chi connectivity index (χ1v) is 11.5. The lowest BCUT2D eigenvalue weighted by Gasteiger charge is -2.28. The molecule has 2 rings (SSSR count). The van der Waals surface area contributed by atoms with E-state index in [1.165, 1.54) is 0 Å². The molecule has 0 unspecified atom stereocenters. The van der Waals surface area contributed by atoms with Crippen molar-refractivity contribution in [3.05, 3.63) is 63.6 Å².